The minimum Gasteiger partial charge on any atom is -0.328 e. The average Bonchev–Trinajstić information content (AvgIpc) is 2.60. The molecular weight excluding hydrogens is 346 g/mol. The van der Waals surface area contributed by atoms with Crippen molar-refractivity contribution in [2.24, 2.45) is 0 Å². The Morgan fingerprint density at radius 3 is 2.56 bits per heavy atom. The normalized spacial score (nSPS) is 15.1. The molecule has 0 aromatic heterocycles. The van der Waals surface area contributed by atoms with Crippen LogP contribution in [0.15, 0.2) is 58.3 Å². The molecule has 0 aliphatic carbocycles. The SMILES string of the molecule is CCCC[N+](C)(C)CC/C=C1/c2ccccc2Sc2ccc(Cl)cc21. The highest BCUT2D eigenvalue weighted by atomic mass is 35.5. The van der Waals surface area contributed by atoms with E-state index in [2.05, 4.69) is 63.5 Å². The first-order chi connectivity index (χ1) is 12.0. The van der Waals surface area contributed by atoms with Crippen molar-refractivity contribution in [2.75, 3.05) is 27.2 Å². The fourth-order valence-corrected chi connectivity index (χ4v) is 4.58. The van der Waals surface area contributed by atoms with Gasteiger partial charge in [-0.25, -0.2) is 0 Å². The van der Waals surface area contributed by atoms with Crippen LogP contribution in [0.3, 0.4) is 0 Å². The predicted octanol–water partition coefficient (Wildman–Crippen LogP) is 6.50. The quantitative estimate of drug-likeness (QED) is 0.445. The molecule has 1 nitrogen and oxygen atoms in total. The fraction of sp³-hybridized carbons (Fsp3) is 0.364. The molecule has 0 unspecified atom stereocenters. The smallest absolute Gasteiger partial charge is 0.0817 e. The fourth-order valence-electron chi connectivity index (χ4n) is 3.32. The Morgan fingerprint density at radius 2 is 1.76 bits per heavy atom. The van der Waals surface area contributed by atoms with Crippen molar-refractivity contribution in [2.45, 2.75) is 36.0 Å². The van der Waals surface area contributed by atoms with E-state index in [-0.39, 0.29) is 0 Å². The molecule has 1 aliphatic rings. The zero-order valence-electron chi connectivity index (χ0n) is 15.4. The van der Waals surface area contributed by atoms with Gasteiger partial charge in [0.2, 0.25) is 0 Å². The molecule has 1 heterocycles. The molecule has 2 aromatic carbocycles. The molecule has 0 saturated heterocycles. The van der Waals surface area contributed by atoms with Crippen LogP contribution in [0.5, 0.6) is 0 Å². The van der Waals surface area contributed by atoms with E-state index in [0.717, 1.165) is 22.5 Å². The molecule has 2 aromatic rings. The van der Waals surface area contributed by atoms with Crippen LogP contribution in [0.25, 0.3) is 5.57 Å². The molecule has 0 atom stereocenters. The second kappa shape index (κ2) is 7.99. The maximum Gasteiger partial charge on any atom is 0.0817 e. The molecule has 3 heteroatoms. The molecule has 0 amide bonds. The van der Waals surface area contributed by atoms with Crippen LogP contribution in [0, 0.1) is 0 Å². The Balaban J connectivity index is 1.88. The van der Waals surface area contributed by atoms with Gasteiger partial charge in [-0.3, -0.25) is 0 Å². The summed E-state index contributed by atoms with van der Waals surface area (Å²) in [6.45, 7) is 4.67. The Hall–Kier alpha value is -1.22. The highest BCUT2D eigenvalue weighted by Crippen LogP contribution is 2.46. The summed E-state index contributed by atoms with van der Waals surface area (Å²) in [5, 5.41) is 0.809. The van der Waals surface area contributed by atoms with Gasteiger partial charge in [-0.05, 0) is 47.4 Å². The first-order valence-electron chi connectivity index (χ1n) is 9.09. The zero-order valence-corrected chi connectivity index (χ0v) is 17.0. The van der Waals surface area contributed by atoms with Gasteiger partial charge < -0.3 is 4.48 Å². The summed E-state index contributed by atoms with van der Waals surface area (Å²) in [4.78, 5) is 2.64. The molecule has 0 radical (unpaired) electrons. The van der Waals surface area contributed by atoms with Crippen molar-refractivity contribution in [3.63, 3.8) is 0 Å². The minimum absolute atomic E-state index is 0.809. The van der Waals surface area contributed by atoms with Gasteiger partial charge in [0, 0.05) is 21.2 Å². The lowest BCUT2D eigenvalue weighted by Crippen LogP contribution is -2.41. The Morgan fingerprint density at radius 1 is 1.00 bits per heavy atom. The van der Waals surface area contributed by atoms with E-state index in [4.69, 9.17) is 11.6 Å². The Bertz CT molecular complexity index is 779. The first kappa shape index (κ1) is 18.6. The maximum absolute atomic E-state index is 6.29. The minimum atomic E-state index is 0.809. The van der Waals surface area contributed by atoms with Crippen LogP contribution < -0.4 is 0 Å². The molecule has 25 heavy (non-hydrogen) atoms. The largest absolute Gasteiger partial charge is 0.328 e. The standard InChI is InChI=1S/C22H27ClNS/c1-4-5-14-24(2,3)15-8-10-18-19-9-6-7-11-21(19)25-22-13-12-17(23)16-20(18)22/h6-7,9-13,16H,4-5,8,14-15H2,1-3H3/q+1/b18-10-. The van der Waals surface area contributed by atoms with Crippen molar-refractivity contribution >= 4 is 28.9 Å². The number of fused-ring (bicyclic) bond motifs is 2. The van der Waals surface area contributed by atoms with E-state index >= 15 is 0 Å². The number of rotatable bonds is 6. The highest BCUT2D eigenvalue weighted by Gasteiger charge is 2.21. The topological polar surface area (TPSA) is 0 Å². The highest BCUT2D eigenvalue weighted by molar-refractivity contribution is 7.99. The monoisotopic (exact) mass is 372 g/mol. The second-order valence-electron chi connectivity index (χ2n) is 7.38. The number of hydrogen-bond acceptors (Lipinski definition) is 1. The predicted molar refractivity (Wildman–Crippen MR) is 110 cm³/mol. The Kier molecular flexibility index (Phi) is 5.93. The molecular formula is C22H27ClNS+. The summed E-state index contributed by atoms with van der Waals surface area (Å²) < 4.78 is 1.08. The van der Waals surface area contributed by atoms with Gasteiger partial charge in [0.25, 0.3) is 0 Å². The van der Waals surface area contributed by atoms with E-state index in [9.17, 15) is 0 Å². The maximum atomic E-state index is 6.29. The molecule has 3 rings (SSSR count). The first-order valence-corrected chi connectivity index (χ1v) is 10.3. The molecule has 0 bridgehead atoms. The zero-order chi connectivity index (χ0) is 17.9. The Labute approximate surface area is 161 Å². The van der Waals surface area contributed by atoms with E-state index < -0.39 is 0 Å². The summed E-state index contributed by atoms with van der Waals surface area (Å²) in [7, 11) is 4.67. The van der Waals surface area contributed by atoms with E-state index in [1.54, 1.807) is 0 Å². The van der Waals surface area contributed by atoms with Crippen LogP contribution in [0.2, 0.25) is 5.02 Å². The lowest BCUT2D eigenvalue weighted by Gasteiger charge is -2.29. The molecule has 1 aliphatic heterocycles. The average molecular weight is 373 g/mol. The van der Waals surface area contributed by atoms with Gasteiger partial charge in [-0.2, -0.15) is 0 Å². The van der Waals surface area contributed by atoms with Crippen molar-refractivity contribution in [1.29, 1.82) is 0 Å². The van der Waals surface area contributed by atoms with Gasteiger partial charge in [-0.1, -0.05) is 61.0 Å². The van der Waals surface area contributed by atoms with E-state index in [0.29, 0.717) is 0 Å². The van der Waals surface area contributed by atoms with Crippen molar-refractivity contribution in [3.05, 3.63) is 64.7 Å². The lowest BCUT2D eigenvalue weighted by molar-refractivity contribution is -0.890. The number of quaternary nitrogens is 1. The van der Waals surface area contributed by atoms with Crippen LogP contribution in [-0.4, -0.2) is 31.7 Å². The number of nitrogens with zero attached hydrogens (tertiary/aromatic N) is 1. The van der Waals surface area contributed by atoms with E-state index in [1.807, 2.05) is 17.8 Å². The molecule has 0 N–H and O–H groups in total. The summed E-state index contributed by atoms with van der Waals surface area (Å²) in [5.74, 6) is 0. The summed E-state index contributed by atoms with van der Waals surface area (Å²) in [6.07, 6.45) is 6.05. The number of unbranched alkanes of at least 4 members (excludes halogenated alkanes) is 1. The molecule has 0 fully saturated rings. The van der Waals surface area contributed by atoms with Crippen LogP contribution in [-0.2, 0) is 0 Å². The van der Waals surface area contributed by atoms with Crippen molar-refractivity contribution < 1.29 is 4.48 Å². The third-order valence-electron chi connectivity index (χ3n) is 4.83. The van der Waals surface area contributed by atoms with Gasteiger partial charge in [-0.15, -0.1) is 0 Å². The van der Waals surface area contributed by atoms with Gasteiger partial charge >= 0.3 is 0 Å². The molecule has 132 valence electrons. The number of halogens is 1. The summed E-state index contributed by atoms with van der Waals surface area (Å²) >= 11 is 8.13. The number of hydrogen-bond donors (Lipinski definition) is 0. The summed E-state index contributed by atoms with van der Waals surface area (Å²) in [5.41, 5.74) is 3.94. The third kappa shape index (κ3) is 4.49. The lowest BCUT2D eigenvalue weighted by atomic mass is 9.96. The summed E-state index contributed by atoms with van der Waals surface area (Å²) in [6, 6.07) is 14.9. The van der Waals surface area contributed by atoms with Crippen molar-refractivity contribution in [3.8, 4) is 0 Å². The van der Waals surface area contributed by atoms with E-state index in [1.165, 1.54) is 45.9 Å². The van der Waals surface area contributed by atoms with Crippen LogP contribution in [0.1, 0.15) is 37.3 Å². The van der Waals surface area contributed by atoms with Gasteiger partial charge in [0.1, 0.15) is 0 Å². The third-order valence-corrected chi connectivity index (χ3v) is 6.22. The van der Waals surface area contributed by atoms with Crippen LogP contribution in [0.4, 0.5) is 0 Å². The van der Waals surface area contributed by atoms with Crippen LogP contribution >= 0.6 is 23.4 Å². The second-order valence-corrected chi connectivity index (χ2v) is 8.90. The molecule has 0 saturated carbocycles. The molecule has 0 spiro atoms. The van der Waals surface area contributed by atoms with Crippen molar-refractivity contribution in [1.82, 2.24) is 0 Å². The van der Waals surface area contributed by atoms with Gasteiger partial charge in [0.05, 0.1) is 27.2 Å². The van der Waals surface area contributed by atoms with Gasteiger partial charge in [0.15, 0.2) is 0 Å². The number of benzene rings is 2.